The van der Waals surface area contributed by atoms with Crippen LogP contribution in [-0.2, 0) is 10.8 Å². The van der Waals surface area contributed by atoms with Crippen molar-refractivity contribution in [2.24, 2.45) is 17.6 Å². The number of carbonyl (C=O) groups excluding carboxylic acids is 1. The Balaban J connectivity index is 1.41. The molecule has 0 saturated carbocycles. The topological polar surface area (TPSA) is 49.6 Å². The summed E-state index contributed by atoms with van der Waals surface area (Å²) < 4.78 is 1.01. The Kier molecular flexibility index (Phi) is 7.37. The number of benzene rings is 1. The standard InChI is InChI=1S/C28H40BrN3OS/c1-27(2,3)24-22(23(29)25(34-24)28(4,5)6)26(33)32-16-19-14-31(15-20(19)17-32)13-12-21(30)18-10-8-7-9-11-18/h7-11,19-21H,12-17,30H2,1-6H3/t19?,20?,21-/m0/s1. The van der Waals surface area contributed by atoms with Crippen LogP contribution in [-0.4, -0.2) is 48.4 Å². The van der Waals surface area contributed by atoms with E-state index in [9.17, 15) is 4.79 Å². The Hall–Kier alpha value is -1.21. The highest BCUT2D eigenvalue weighted by atomic mass is 79.9. The molecule has 1 aromatic carbocycles. The number of hydrogen-bond donors (Lipinski definition) is 1. The van der Waals surface area contributed by atoms with E-state index in [0.29, 0.717) is 11.8 Å². The SMILES string of the molecule is CC(C)(C)c1sc(C(C)(C)C)c(C(=O)N2CC3CN(CC[C@H](N)c4ccccc4)CC3C2)c1Br. The zero-order chi connectivity index (χ0) is 24.8. The van der Waals surface area contributed by atoms with Crippen molar-refractivity contribution in [1.82, 2.24) is 9.80 Å². The molecule has 2 fully saturated rings. The Bertz CT molecular complexity index is 1010. The molecule has 0 spiro atoms. The van der Waals surface area contributed by atoms with Gasteiger partial charge in [-0.3, -0.25) is 4.79 Å². The zero-order valence-electron chi connectivity index (χ0n) is 21.5. The van der Waals surface area contributed by atoms with E-state index in [4.69, 9.17) is 5.73 Å². The van der Waals surface area contributed by atoms with Crippen LogP contribution in [0.4, 0.5) is 0 Å². The Morgan fingerprint density at radius 3 is 2.09 bits per heavy atom. The Morgan fingerprint density at radius 1 is 1.00 bits per heavy atom. The molecule has 2 saturated heterocycles. The average Bonchev–Trinajstić information content (AvgIpc) is 3.42. The normalized spacial score (nSPS) is 22.3. The summed E-state index contributed by atoms with van der Waals surface area (Å²) in [5, 5.41) is 0. The number of hydrogen-bond acceptors (Lipinski definition) is 4. The maximum absolute atomic E-state index is 13.8. The van der Waals surface area contributed by atoms with Gasteiger partial charge in [-0.1, -0.05) is 71.9 Å². The van der Waals surface area contributed by atoms with Crippen LogP contribution in [0, 0.1) is 11.8 Å². The number of fused-ring (bicyclic) bond motifs is 1. The summed E-state index contributed by atoms with van der Waals surface area (Å²) in [4.78, 5) is 21.0. The van der Waals surface area contributed by atoms with Gasteiger partial charge in [0, 0.05) is 46.4 Å². The molecule has 2 unspecified atom stereocenters. The molecule has 3 heterocycles. The Labute approximate surface area is 218 Å². The molecule has 0 radical (unpaired) electrons. The molecule has 34 heavy (non-hydrogen) atoms. The van der Waals surface area contributed by atoms with Gasteiger partial charge in [0.25, 0.3) is 5.91 Å². The number of carbonyl (C=O) groups is 1. The number of thiophene rings is 1. The van der Waals surface area contributed by atoms with Gasteiger partial charge in [0.2, 0.25) is 0 Å². The summed E-state index contributed by atoms with van der Waals surface area (Å²) in [6.45, 7) is 18.2. The molecular formula is C28H40BrN3OS. The lowest BCUT2D eigenvalue weighted by molar-refractivity contribution is 0.0771. The lowest BCUT2D eigenvalue weighted by Crippen LogP contribution is -2.35. The third-order valence-corrected chi connectivity index (χ3v) is 10.4. The quantitative estimate of drug-likeness (QED) is 0.486. The molecule has 2 aromatic rings. The fourth-order valence-electron chi connectivity index (χ4n) is 5.40. The molecule has 3 atom stereocenters. The molecule has 0 bridgehead atoms. The van der Waals surface area contributed by atoms with Gasteiger partial charge in [-0.05, 0) is 57.1 Å². The van der Waals surface area contributed by atoms with Crippen molar-refractivity contribution >= 4 is 33.2 Å². The van der Waals surface area contributed by atoms with Crippen molar-refractivity contribution in [2.45, 2.75) is 64.8 Å². The summed E-state index contributed by atoms with van der Waals surface area (Å²) in [6.07, 6.45) is 0.971. The van der Waals surface area contributed by atoms with Crippen LogP contribution in [0.5, 0.6) is 0 Å². The first-order chi connectivity index (χ1) is 15.9. The number of nitrogens with two attached hydrogens (primary N) is 1. The summed E-state index contributed by atoms with van der Waals surface area (Å²) in [5.74, 6) is 1.33. The van der Waals surface area contributed by atoms with Gasteiger partial charge >= 0.3 is 0 Å². The van der Waals surface area contributed by atoms with Gasteiger partial charge < -0.3 is 15.5 Å². The second-order valence-electron chi connectivity index (χ2n) is 12.2. The van der Waals surface area contributed by atoms with Gasteiger partial charge in [-0.2, -0.15) is 0 Å². The minimum absolute atomic E-state index is 0.00461. The zero-order valence-corrected chi connectivity index (χ0v) is 23.9. The van der Waals surface area contributed by atoms with E-state index in [-0.39, 0.29) is 22.8 Å². The lowest BCUT2D eigenvalue weighted by Gasteiger charge is -2.25. The molecular weight excluding hydrogens is 506 g/mol. The van der Waals surface area contributed by atoms with E-state index in [1.54, 1.807) is 11.3 Å². The maximum Gasteiger partial charge on any atom is 0.256 e. The van der Waals surface area contributed by atoms with Gasteiger partial charge in [0.05, 0.1) is 5.56 Å². The first kappa shape index (κ1) is 25.9. The third-order valence-electron chi connectivity index (χ3n) is 7.26. The second-order valence-corrected chi connectivity index (χ2v) is 14.1. The van der Waals surface area contributed by atoms with E-state index in [0.717, 1.165) is 49.2 Å². The van der Waals surface area contributed by atoms with E-state index in [2.05, 4.69) is 91.5 Å². The van der Waals surface area contributed by atoms with Gasteiger partial charge in [0.1, 0.15) is 0 Å². The summed E-state index contributed by atoms with van der Waals surface area (Å²) in [6, 6.07) is 10.5. The smallest absolute Gasteiger partial charge is 0.256 e. The van der Waals surface area contributed by atoms with Crippen molar-refractivity contribution < 1.29 is 4.79 Å². The first-order valence-corrected chi connectivity index (χ1v) is 14.1. The molecule has 2 aliphatic heterocycles. The minimum Gasteiger partial charge on any atom is -0.338 e. The predicted octanol–water partition coefficient (Wildman–Crippen LogP) is 6.20. The van der Waals surface area contributed by atoms with Crippen molar-refractivity contribution in [3.05, 3.63) is 55.7 Å². The van der Waals surface area contributed by atoms with E-state index in [1.165, 1.54) is 15.3 Å². The van der Waals surface area contributed by atoms with E-state index >= 15 is 0 Å². The fourth-order valence-corrected chi connectivity index (χ4v) is 8.03. The van der Waals surface area contributed by atoms with Crippen LogP contribution < -0.4 is 5.73 Å². The summed E-state index contributed by atoms with van der Waals surface area (Å²) >= 11 is 5.65. The van der Waals surface area contributed by atoms with Crippen LogP contribution in [0.2, 0.25) is 0 Å². The number of halogens is 1. The molecule has 1 amide bonds. The third kappa shape index (κ3) is 5.30. The Morgan fingerprint density at radius 2 is 1.56 bits per heavy atom. The average molecular weight is 547 g/mol. The first-order valence-electron chi connectivity index (χ1n) is 12.5. The van der Waals surface area contributed by atoms with E-state index in [1.807, 2.05) is 6.07 Å². The highest BCUT2D eigenvalue weighted by molar-refractivity contribution is 9.10. The molecule has 2 N–H and O–H groups in total. The summed E-state index contributed by atoms with van der Waals surface area (Å²) in [5.41, 5.74) is 8.48. The monoisotopic (exact) mass is 545 g/mol. The predicted molar refractivity (Wildman–Crippen MR) is 147 cm³/mol. The number of likely N-dealkylation sites (tertiary alicyclic amines) is 2. The molecule has 6 heteroatoms. The molecule has 1 aromatic heterocycles. The van der Waals surface area contributed by atoms with Crippen molar-refractivity contribution in [1.29, 1.82) is 0 Å². The van der Waals surface area contributed by atoms with Crippen molar-refractivity contribution in [3.8, 4) is 0 Å². The van der Waals surface area contributed by atoms with Crippen molar-refractivity contribution in [2.75, 3.05) is 32.7 Å². The number of amides is 1. The van der Waals surface area contributed by atoms with Gasteiger partial charge in [-0.25, -0.2) is 0 Å². The van der Waals surface area contributed by atoms with Crippen LogP contribution >= 0.6 is 27.3 Å². The number of nitrogens with zero attached hydrogens (tertiary/aromatic N) is 2. The van der Waals surface area contributed by atoms with E-state index < -0.39 is 0 Å². The fraction of sp³-hybridized carbons (Fsp3) is 0.607. The summed E-state index contributed by atoms with van der Waals surface area (Å²) in [7, 11) is 0. The highest BCUT2D eigenvalue weighted by Gasteiger charge is 2.43. The molecule has 4 rings (SSSR count). The second kappa shape index (κ2) is 9.68. The van der Waals surface area contributed by atoms with Gasteiger partial charge in [-0.15, -0.1) is 11.3 Å². The molecule has 4 nitrogen and oxygen atoms in total. The van der Waals surface area contributed by atoms with Crippen LogP contribution in [0.1, 0.15) is 79.7 Å². The van der Waals surface area contributed by atoms with Crippen LogP contribution in [0.15, 0.2) is 34.8 Å². The molecule has 2 aliphatic rings. The molecule has 186 valence electrons. The van der Waals surface area contributed by atoms with Gasteiger partial charge in [0.15, 0.2) is 0 Å². The van der Waals surface area contributed by atoms with Crippen LogP contribution in [0.25, 0.3) is 0 Å². The van der Waals surface area contributed by atoms with Crippen molar-refractivity contribution in [3.63, 3.8) is 0 Å². The maximum atomic E-state index is 13.8. The largest absolute Gasteiger partial charge is 0.338 e. The number of rotatable bonds is 5. The van der Waals surface area contributed by atoms with Crippen LogP contribution in [0.3, 0.4) is 0 Å². The minimum atomic E-state index is -0.0639. The highest BCUT2D eigenvalue weighted by Crippen LogP contribution is 2.46. The lowest BCUT2D eigenvalue weighted by atomic mass is 9.89. The molecule has 0 aliphatic carbocycles.